The summed E-state index contributed by atoms with van der Waals surface area (Å²) in [6.07, 6.45) is 0. The zero-order valence-electron chi connectivity index (χ0n) is 17.1. The molecular formula is C25H21FN2O3. The summed E-state index contributed by atoms with van der Waals surface area (Å²) in [6.45, 7) is 0. The van der Waals surface area contributed by atoms with Crippen LogP contribution in [0.25, 0.3) is 5.76 Å². The summed E-state index contributed by atoms with van der Waals surface area (Å²) in [5.41, 5.74) is 2.17. The van der Waals surface area contributed by atoms with Gasteiger partial charge in [-0.15, -0.1) is 0 Å². The van der Waals surface area contributed by atoms with Gasteiger partial charge in [0.05, 0.1) is 20.1 Å². The number of amides is 1. The summed E-state index contributed by atoms with van der Waals surface area (Å²) in [5.74, 6) is -2.57. The average molecular weight is 416 g/mol. The molecule has 1 N–H and O–H groups in total. The first-order valence-corrected chi connectivity index (χ1v) is 9.89. The van der Waals surface area contributed by atoms with Gasteiger partial charge in [0, 0.05) is 23.4 Å². The number of carbonyl (C=O) groups excluding carboxylic acids is 2. The fraction of sp³-hybridized carbons (Fsp3) is 0.120. The quantitative estimate of drug-likeness (QED) is 0.402. The molecule has 0 spiro atoms. The fourth-order valence-electron chi connectivity index (χ4n) is 3.75. The van der Waals surface area contributed by atoms with Crippen LogP contribution < -0.4 is 14.9 Å². The molecule has 6 heteroatoms. The molecule has 1 fully saturated rings. The molecule has 0 bridgehead atoms. The molecule has 3 aromatic rings. The lowest BCUT2D eigenvalue weighted by Crippen LogP contribution is -3.00. The Bertz CT molecular complexity index is 1150. The first kappa shape index (κ1) is 20.5. The van der Waals surface area contributed by atoms with E-state index in [1.807, 2.05) is 26.2 Å². The fourth-order valence-corrected chi connectivity index (χ4v) is 3.75. The van der Waals surface area contributed by atoms with Crippen LogP contribution in [0.15, 0.2) is 84.4 Å². The summed E-state index contributed by atoms with van der Waals surface area (Å²) < 4.78 is 13.6. The van der Waals surface area contributed by atoms with E-state index < -0.39 is 29.3 Å². The van der Waals surface area contributed by atoms with Crippen molar-refractivity contribution in [2.75, 3.05) is 19.0 Å². The highest BCUT2D eigenvalue weighted by atomic mass is 19.1. The van der Waals surface area contributed by atoms with E-state index in [-0.39, 0.29) is 5.57 Å². The Hall–Kier alpha value is -3.77. The molecule has 31 heavy (non-hydrogen) atoms. The topological polar surface area (TPSA) is 64.9 Å². The van der Waals surface area contributed by atoms with Gasteiger partial charge in [0.25, 0.3) is 5.91 Å². The van der Waals surface area contributed by atoms with Gasteiger partial charge in [-0.1, -0.05) is 48.2 Å². The Morgan fingerprint density at radius 1 is 0.903 bits per heavy atom. The summed E-state index contributed by atoms with van der Waals surface area (Å²) in [5, 5.41) is 13.3. The van der Waals surface area contributed by atoms with Crippen LogP contribution in [0.1, 0.15) is 17.2 Å². The zero-order chi connectivity index (χ0) is 22.1. The van der Waals surface area contributed by atoms with Crippen molar-refractivity contribution in [1.29, 1.82) is 0 Å². The maximum Gasteiger partial charge on any atom is 0.299 e. The van der Waals surface area contributed by atoms with E-state index in [1.54, 1.807) is 42.5 Å². The lowest BCUT2D eigenvalue weighted by Gasteiger charge is -2.27. The van der Waals surface area contributed by atoms with Crippen LogP contribution in [0.3, 0.4) is 0 Å². The average Bonchev–Trinajstić information content (AvgIpc) is 3.05. The molecular weight excluding hydrogens is 395 g/mol. The normalized spacial score (nSPS) is 18.1. The highest BCUT2D eigenvalue weighted by Gasteiger charge is 2.45. The molecule has 0 radical (unpaired) electrons. The molecule has 0 aromatic heterocycles. The van der Waals surface area contributed by atoms with E-state index >= 15 is 0 Å². The first-order valence-electron chi connectivity index (χ1n) is 9.89. The number of rotatable bonds is 4. The van der Waals surface area contributed by atoms with Gasteiger partial charge in [-0.05, 0) is 35.4 Å². The Morgan fingerprint density at radius 2 is 1.52 bits per heavy atom. The van der Waals surface area contributed by atoms with Crippen LogP contribution in [0.4, 0.5) is 15.8 Å². The number of halogens is 1. The second kappa shape index (κ2) is 8.16. The number of nitrogens with one attached hydrogen (secondary N) is 1. The molecule has 1 saturated heterocycles. The molecule has 4 rings (SSSR count). The van der Waals surface area contributed by atoms with Crippen LogP contribution in [0.2, 0.25) is 0 Å². The monoisotopic (exact) mass is 416 g/mol. The smallest absolute Gasteiger partial charge is 0.299 e. The first-order chi connectivity index (χ1) is 14.9. The van der Waals surface area contributed by atoms with Gasteiger partial charge in [0.2, 0.25) is 5.78 Å². The van der Waals surface area contributed by atoms with Gasteiger partial charge in [0.15, 0.2) is 0 Å². The molecule has 1 amide bonds. The molecule has 1 aliphatic heterocycles. The standard InChI is InChI=1S/C25H21FN2O3/c1-27(2)19-12-14-20(15-13-19)28-22(16-8-10-18(26)11-9-16)21(24(30)25(28)31)23(29)17-6-4-3-5-7-17/h3-15,22,29H,1-2H3/b23-21+. The van der Waals surface area contributed by atoms with E-state index in [0.29, 0.717) is 16.8 Å². The van der Waals surface area contributed by atoms with Crippen molar-refractivity contribution in [3.63, 3.8) is 0 Å². The van der Waals surface area contributed by atoms with E-state index in [1.165, 1.54) is 29.2 Å². The van der Waals surface area contributed by atoms with Crippen LogP contribution in [-0.4, -0.2) is 25.8 Å². The number of ketones is 1. The highest BCUT2D eigenvalue weighted by molar-refractivity contribution is 6.51. The van der Waals surface area contributed by atoms with Gasteiger partial charge >= 0.3 is 0 Å². The van der Waals surface area contributed by atoms with Gasteiger partial charge in [0.1, 0.15) is 11.5 Å². The van der Waals surface area contributed by atoms with Gasteiger partial charge in [-0.2, -0.15) is 0 Å². The minimum Gasteiger partial charge on any atom is -0.872 e. The number of hydrogen-bond acceptors (Lipinski definition) is 3. The van der Waals surface area contributed by atoms with Crippen LogP contribution in [-0.2, 0) is 9.59 Å². The maximum absolute atomic E-state index is 13.6. The molecule has 0 saturated carbocycles. The number of benzene rings is 3. The second-order valence-corrected chi connectivity index (χ2v) is 7.61. The Balaban J connectivity index is 1.90. The van der Waals surface area contributed by atoms with Crippen molar-refractivity contribution < 1.29 is 24.0 Å². The number of nitrogens with zero attached hydrogens (tertiary/aromatic N) is 1. The third kappa shape index (κ3) is 3.73. The number of quaternary nitrogens is 1. The van der Waals surface area contributed by atoms with Crippen LogP contribution in [0.5, 0.6) is 0 Å². The lowest BCUT2D eigenvalue weighted by molar-refractivity contribution is -0.786. The summed E-state index contributed by atoms with van der Waals surface area (Å²) in [6, 6.07) is 20.1. The van der Waals surface area contributed by atoms with Crippen molar-refractivity contribution in [2.45, 2.75) is 6.04 Å². The predicted molar refractivity (Wildman–Crippen MR) is 114 cm³/mol. The van der Waals surface area contributed by atoms with Crippen molar-refractivity contribution >= 4 is 28.8 Å². The van der Waals surface area contributed by atoms with Crippen molar-refractivity contribution in [2.24, 2.45) is 0 Å². The number of Topliss-reactive ketones (excluding diaryl/α,β-unsaturated/α-hetero) is 1. The number of hydrogen-bond donors (Lipinski definition) is 1. The third-order valence-electron chi connectivity index (χ3n) is 5.38. The van der Waals surface area contributed by atoms with E-state index in [0.717, 1.165) is 10.6 Å². The van der Waals surface area contributed by atoms with Crippen molar-refractivity contribution in [3.8, 4) is 0 Å². The van der Waals surface area contributed by atoms with Gasteiger partial charge in [-0.3, -0.25) is 14.5 Å². The predicted octanol–water partition coefficient (Wildman–Crippen LogP) is 2.03. The SMILES string of the molecule is C[NH+](C)c1ccc(N2C(=O)C(=O)/C(=C(/[O-])c3ccccc3)C2c2ccc(F)cc2)cc1. The summed E-state index contributed by atoms with van der Waals surface area (Å²) in [4.78, 5) is 28.5. The van der Waals surface area contributed by atoms with Gasteiger partial charge < -0.3 is 10.0 Å². The van der Waals surface area contributed by atoms with Crippen molar-refractivity contribution in [3.05, 3.63) is 101 Å². The Kier molecular flexibility index (Phi) is 5.40. The van der Waals surface area contributed by atoms with E-state index in [4.69, 9.17) is 0 Å². The maximum atomic E-state index is 13.6. The number of carbonyl (C=O) groups is 2. The molecule has 0 aliphatic carbocycles. The Morgan fingerprint density at radius 3 is 2.10 bits per heavy atom. The largest absolute Gasteiger partial charge is 0.872 e. The molecule has 1 unspecified atom stereocenters. The molecule has 1 heterocycles. The molecule has 1 aliphatic rings. The molecule has 3 aromatic carbocycles. The van der Waals surface area contributed by atoms with Crippen molar-refractivity contribution in [1.82, 2.24) is 0 Å². The number of anilines is 1. The highest BCUT2D eigenvalue weighted by Crippen LogP contribution is 2.41. The van der Waals surface area contributed by atoms with Gasteiger partial charge in [-0.25, -0.2) is 4.39 Å². The molecule has 156 valence electrons. The molecule has 1 atom stereocenters. The minimum atomic E-state index is -0.939. The molecule has 5 nitrogen and oxygen atoms in total. The van der Waals surface area contributed by atoms with Crippen LogP contribution >= 0.6 is 0 Å². The Labute approximate surface area is 179 Å². The summed E-state index contributed by atoms with van der Waals surface area (Å²) >= 11 is 0. The third-order valence-corrected chi connectivity index (χ3v) is 5.38. The minimum absolute atomic E-state index is 0.134. The van der Waals surface area contributed by atoms with E-state index in [9.17, 15) is 19.1 Å². The lowest BCUT2D eigenvalue weighted by atomic mass is 9.95. The van der Waals surface area contributed by atoms with E-state index in [2.05, 4.69) is 0 Å². The summed E-state index contributed by atoms with van der Waals surface area (Å²) in [7, 11) is 3.95. The second-order valence-electron chi connectivity index (χ2n) is 7.61. The van der Waals surface area contributed by atoms with Crippen LogP contribution in [0, 0.1) is 5.82 Å². The zero-order valence-corrected chi connectivity index (χ0v) is 17.1.